The van der Waals surface area contributed by atoms with Crippen LogP contribution in [0.15, 0.2) is 24.3 Å². The normalized spacial score (nSPS) is 12.1. The minimum atomic E-state index is -0.756. The quantitative estimate of drug-likeness (QED) is 0.722. The number of rotatable bonds is 8. The van der Waals surface area contributed by atoms with Gasteiger partial charge in [0.2, 0.25) is 0 Å². The van der Waals surface area contributed by atoms with Crippen LogP contribution in [0.4, 0.5) is 0 Å². The van der Waals surface area contributed by atoms with Gasteiger partial charge >= 0.3 is 5.97 Å². The third-order valence-electron chi connectivity index (χ3n) is 2.87. The van der Waals surface area contributed by atoms with E-state index in [1.54, 1.807) is 14.2 Å². The van der Waals surface area contributed by atoms with Crippen molar-refractivity contribution < 1.29 is 19.4 Å². The molecule has 1 aromatic carbocycles. The highest BCUT2D eigenvalue weighted by Crippen LogP contribution is 2.19. The molecule has 0 aromatic heterocycles. The molecule has 4 heteroatoms. The number of ether oxygens (including phenoxy) is 2. The molecule has 4 nitrogen and oxygen atoms in total. The van der Waals surface area contributed by atoms with Crippen molar-refractivity contribution in [2.45, 2.75) is 19.3 Å². The van der Waals surface area contributed by atoms with E-state index in [2.05, 4.69) is 0 Å². The molecule has 0 amide bonds. The SMILES string of the molecule is COCCCC(Cc1cccc(OC)c1)C(=O)O. The fourth-order valence-electron chi connectivity index (χ4n) is 1.87. The second-order valence-corrected chi connectivity index (χ2v) is 4.23. The maximum atomic E-state index is 11.2. The van der Waals surface area contributed by atoms with Crippen LogP contribution in [-0.4, -0.2) is 31.9 Å². The van der Waals surface area contributed by atoms with Crippen molar-refractivity contribution in [1.29, 1.82) is 0 Å². The molecule has 1 N–H and O–H groups in total. The lowest BCUT2D eigenvalue weighted by atomic mass is 9.95. The second-order valence-electron chi connectivity index (χ2n) is 4.23. The van der Waals surface area contributed by atoms with Crippen LogP contribution in [0.2, 0.25) is 0 Å². The third kappa shape index (κ3) is 4.75. The van der Waals surface area contributed by atoms with E-state index in [0.717, 1.165) is 17.7 Å². The summed E-state index contributed by atoms with van der Waals surface area (Å²) < 4.78 is 10.1. The molecule has 100 valence electrons. The van der Waals surface area contributed by atoms with Crippen LogP contribution >= 0.6 is 0 Å². The van der Waals surface area contributed by atoms with Crippen molar-refractivity contribution in [2.75, 3.05) is 20.8 Å². The van der Waals surface area contributed by atoms with Crippen molar-refractivity contribution in [3.8, 4) is 5.75 Å². The molecule has 0 radical (unpaired) electrons. The highest BCUT2D eigenvalue weighted by molar-refractivity contribution is 5.70. The van der Waals surface area contributed by atoms with Gasteiger partial charge in [0.1, 0.15) is 5.75 Å². The van der Waals surface area contributed by atoms with Crippen LogP contribution in [0, 0.1) is 5.92 Å². The summed E-state index contributed by atoms with van der Waals surface area (Å²) in [6.07, 6.45) is 1.91. The molecule has 0 aliphatic rings. The van der Waals surface area contributed by atoms with Crippen molar-refractivity contribution in [3.63, 3.8) is 0 Å². The number of carbonyl (C=O) groups is 1. The molecule has 1 rings (SSSR count). The minimum absolute atomic E-state index is 0.368. The van der Waals surface area contributed by atoms with Crippen LogP contribution in [0.25, 0.3) is 0 Å². The Morgan fingerprint density at radius 3 is 2.78 bits per heavy atom. The molecule has 1 aromatic rings. The highest BCUT2D eigenvalue weighted by atomic mass is 16.5. The van der Waals surface area contributed by atoms with E-state index in [1.807, 2.05) is 24.3 Å². The van der Waals surface area contributed by atoms with E-state index in [0.29, 0.717) is 19.4 Å². The van der Waals surface area contributed by atoms with Crippen molar-refractivity contribution in [2.24, 2.45) is 5.92 Å². The van der Waals surface area contributed by atoms with Gasteiger partial charge in [0, 0.05) is 13.7 Å². The summed E-state index contributed by atoms with van der Waals surface area (Å²) in [7, 11) is 3.23. The van der Waals surface area contributed by atoms with E-state index in [1.165, 1.54) is 0 Å². The van der Waals surface area contributed by atoms with Gasteiger partial charge in [0.25, 0.3) is 0 Å². The maximum absolute atomic E-state index is 11.2. The smallest absolute Gasteiger partial charge is 0.306 e. The molecule has 0 heterocycles. The molecule has 0 spiro atoms. The molecule has 0 saturated carbocycles. The molecule has 0 aliphatic heterocycles. The van der Waals surface area contributed by atoms with E-state index < -0.39 is 5.97 Å². The van der Waals surface area contributed by atoms with Crippen LogP contribution in [-0.2, 0) is 16.0 Å². The number of carboxylic acids is 1. The second kappa shape index (κ2) is 7.71. The summed E-state index contributed by atoms with van der Waals surface area (Å²) in [6.45, 7) is 0.599. The fourth-order valence-corrected chi connectivity index (χ4v) is 1.87. The third-order valence-corrected chi connectivity index (χ3v) is 2.87. The Bertz CT molecular complexity index is 376. The zero-order valence-electron chi connectivity index (χ0n) is 10.9. The van der Waals surface area contributed by atoms with Gasteiger partial charge in [-0.3, -0.25) is 4.79 Å². The van der Waals surface area contributed by atoms with Crippen molar-refractivity contribution >= 4 is 5.97 Å². The van der Waals surface area contributed by atoms with Gasteiger partial charge in [-0.25, -0.2) is 0 Å². The molecule has 0 bridgehead atoms. The Morgan fingerprint density at radius 2 is 2.17 bits per heavy atom. The average molecular weight is 252 g/mol. The lowest BCUT2D eigenvalue weighted by Gasteiger charge is -2.12. The topological polar surface area (TPSA) is 55.8 Å². The molecule has 0 saturated heterocycles. The molecule has 0 aliphatic carbocycles. The highest BCUT2D eigenvalue weighted by Gasteiger charge is 2.17. The van der Waals surface area contributed by atoms with Gasteiger partial charge in [-0.1, -0.05) is 12.1 Å². The fraction of sp³-hybridized carbons (Fsp3) is 0.500. The first kappa shape index (κ1) is 14.5. The number of hydrogen-bond acceptors (Lipinski definition) is 3. The van der Waals surface area contributed by atoms with E-state index in [4.69, 9.17) is 9.47 Å². The summed E-state index contributed by atoms with van der Waals surface area (Å²) in [6, 6.07) is 7.54. The van der Waals surface area contributed by atoms with Gasteiger partial charge in [-0.05, 0) is 37.0 Å². The van der Waals surface area contributed by atoms with Crippen LogP contribution in [0.3, 0.4) is 0 Å². The Kier molecular flexibility index (Phi) is 6.22. The number of hydrogen-bond donors (Lipinski definition) is 1. The lowest BCUT2D eigenvalue weighted by molar-refractivity contribution is -0.142. The average Bonchev–Trinajstić information content (AvgIpc) is 2.38. The monoisotopic (exact) mass is 252 g/mol. The summed E-state index contributed by atoms with van der Waals surface area (Å²) >= 11 is 0. The Hall–Kier alpha value is -1.55. The Morgan fingerprint density at radius 1 is 1.39 bits per heavy atom. The number of aliphatic carboxylic acids is 1. The summed E-state index contributed by atoms with van der Waals surface area (Å²) in [4.78, 5) is 11.2. The maximum Gasteiger partial charge on any atom is 0.306 e. The van der Waals surface area contributed by atoms with Crippen LogP contribution in [0.5, 0.6) is 5.75 Å². The van der Waals surface area contributed by atoms with Crippen LogP contribution < -0.4 is 4.74 Å². The number of carboxylic acid groups (broad SMARTS) is 1. The number of methoxy groups -OCH3 is 2. The Balaban J connectivity index is 2.61. The van der Waals surface area contributed by atoms with Gasteiger partial charge in [-0.15, -0.1) is 0 Å². The molecular formula is C14H20O4. The molecule has 0 fully saturated rings. The first-order valence-electron chi connectivity index (χ1n) is 6.02. The molecule has 1 unspecified atom stereocenters. The summed E-state index contributed by atoms with van der Waals surface area (Å²) in [5.74, 6) is -0.366. The van der Waals surface area contributed by atoms with E-state index >= 15 is 0 Å². The van der Waals surface area contributed by atoms with Crippen LogP contribution in [0.1, 0.15) is 18.4 Å². The van der Waals surface area contributed by atoms with Crippen molar-refractivity contribution in [3.05, 3.63) is 29.8 Å². The van der Waals surface area contributed by atoms with Gasteiger partial charge in [0.15, 0.2) is 0 Å². The zero-order valence-corrected chi connectivity index (χ0v) is 10.9. The number of benzene rings is 1. The molecule has 18 heavy (non-hydrogen) atoms. The largest absolute Gasteiger partial charge is 0.497 e. The predicted octanol–water partition coefficient (Wildman–Crippen LogP) is 2.37. The van der Waals surface area contributed by atoms with Crippen molar-refractivity contribution in [1.82, 2.24) is 0 Å². The Labute approximate surface area is 108 Å². The zero-order chi connectivity index (χ0) is 13.4. The minimum Gasteiger partial charge on any atom is -0.497 e. The molecular weight excluding hydrogens is 232 g/mol. The first-order valence-corrected chi connectivity index (χ1v) is 6.02. The summed E-state index contributed by atoms with van der Waals surface area (Å²) in [5.41, 5.74) is 0.985. The predicted molar refractivity (Wildman–Crippen MR) is 68.9 cm³/mol. The van der Waals surface area contributed by atoms with Gasteiger partial charge in [0.05, 0.1) is 13.0 Å². The standard InChI is InChI=1S/C14H20O4/c1-17-8-4-6-12(14(15)16)9-11-5-3-7-13(10-11)18-2/h3,5,7,10,12H,4,6,8-9H2,1-2H3,(H,15,16). The van der Waals surface area contributed by atoms with Gasteiger partial charge in [-0.2, -0.15) is 0 Å². The van der Waals surface area contributed by atoms with Gasteiger partial charge < -0.3 is 14.6 Å². The van der Waals surface area contributed by atoms with E-state index in [-0.39, 0.29) is 5.92 Å². The first-order chi connectivity index (χ1) is 8.67. The summed E-state index contributed by atoms with van der Waals surface area (Å²) in [5, 5.41) is 9.19. The molecule has 1 atom stereocenters. The lowest BCUT2D eigenvalue weighted by Crippen LogP contribution is -2.17. The van der Waals surface area contributed by atoms with E-state index in [9.17, 15) is 9.90 Å².